The number of nitrogens with zero attached hydrogens (tertiary/aromatic N) is 1. The van der Waals surface area contributed by atoms with Gasteiger partial charge in [-0.15, -0.1) is 0 Å². The first-order chi connectivity index (χ1) is 10.0. The molecular formula is C14H11BrF2N2O2. The van der Waals surface area contributed by atoms with Crippen LogP contribution in [0.1, 0.15) is 16.1 Å². The normalized spacial score (nSPS) is 10.3. The maximum atomic E-state index is 13.6. The standard InChI is InChI=1S/C14H11BrF2N2O2/c1-21-14(20)8-2-3-9(18-6-8)7-19-13-5-11(16)10(15)4-12(13)17/h2-6,19H,7H2,1H3. The second-order valence-corrected chi connectivity index (χ2v) is 4.98. The molecule has 1 N–H and O–H groups in total. The van der Waals surface area contributed by atoms with Gasteiger partial charge in [0.2, 0.25) is 0 Å². The Balaban J connectivity index is 2.06. The van der Waals surface area contributed by atoms with Crippen LogP contribution in [0.3, 0.4) is 0 Å². The molecule has 7 heteroatoms. The summed E-state index contributed by atoms with van der Waals surface area (Å²) in [5.41, 5.74) is 0.932. The summed E-state index contributed by atoms with van der Waals surface area (Å²) in [7, 11) is 1.28. The number of carbonyl (C=O) groups excluding carboxylic acids is 1. The molecule has 0 bridgehead atoms. The average molecular weight is 357 g/mol. The van der Waals surface area contributed by atoms with Crippen molar-refractivity contribution >= 4 is 27.6 Å². The summed E-state index contributed by atoms with van der Waals surface area (Å²) in [6.45, 7) is 0.194. The zero-order chi connectivity index (χ0) is 15.4. The Morgan fingerprint density at radius 2 is 2.10 bits per heavy atom. The molecule has 1 aromatic heterocycles. The van der Waals surface area contributed by atoms with Gasteiger partial charge in [0.1, 0.15) is 11.6 Å². The molecule has 0 saturated carbocycles. The number of nitrogens with one attached hydrogen (secondary N) is 1. The minimum absolute atomic E-state index is 0.0366. The Bertz CT molecular complexity index is 663. The van der Waals surface area contributed by atoms with Crippen LogP contribution in [0.25, 0.3) is 0 Å². The number of benzene rings is 1. The predicted octanol–water partition coefficient (Wildman–Crippen LogP) is 3.52. The molecule has 0 atom stereocenters. The Labute approximate surface area is 128 Å². The van der Waals surface area contributed by atoms with Gasteiger partial charge in [-0.3, -0.25) is 4.98 Å². The number of ether oxygens (including phenoxy) is 1. The number of halogens is 3. The van der Waals surface area contributed by atoms with Gasteiger partial charge in [0, 0.05) is 12.3 Å². The van der Waals surface area contributed by atoms with Crippen LogP contribution in [0.15, 0.2) is 34.9 Å². The maximum absolute atomic E-state index is 13.6. The quantitative estimate of drug-likeness (QED) is 0.672. The van der Waals surface area contributed by atoms with Crippen molar-refractivity contribution in [1.29, 1.82) is 0 Å². The molecule has 0 saturated heterocycles. The zero-order valence-electron chi connectivity index (χ0n) is 11.0. The molecule has 1 aromatic carbocycles. The highest BCUT2D eigenvalue weighted by molar-refractivity contribution is 9.10. The highest BCUT2D eigenvalue weighted by atomic mass is 79.9. The lowest BCUT2D eigenvalue weighted by Gasteiger charge is -2.08. The number of carbonyl (C=O) groups is 1. The third kappa shape index (κ3) is 3.75. The summed E-state index contributed by atoms with van der Waals surface area (Å²) in [4.78, 5) is 15.3. The minimum atomic E-state index is -0.575. The molecular weight excluding hydrogens is 346 g/mol. The van der Waals surface area contributed by atoms with E-state index in [2.05, 4.69) is 31.0 Å². The van der Waals surface area contributed by atoms with E-state index in [0.717, 1.165) is 12.1 Å². The van der Waals surface area contributed by atoms with Crippen molar-refractivity contribution < 1.29 is 18.3 Å². The molecule has 1 heterocycles. The lowest BCUT2D eigenvalue weighted by Crippen LogP contribution is -2.06. The highest BCUT2D eigenvalue weighted by Crippen LogP contribution is 2.23. The van der Waals surface area contributed by atoms with Gasteiger partial charge in [-0.1, -0.05) is 0 Å². The van der Waals surface area contributed by atoms with E-state index in [1.807, 2.05) is 0 Å². The summed E-state index contributed by atoms with van der Waals surface area (Å²) in [6.07, 6.45) is 1.36. The van der Waals surface area contributed by atoms with E-state index < -0.39 is 17.6 Å². The number of rotatable bonds is 4. The van der Waals surface area contributed by atoms with Gasteiger partial charge in [-0.25, -0.2) is 13.6 Å². The number of anilines is 1. The van der Waals surface area contributed by atoms with E-state index in [1.165, 1.54) is 13.3 Å². The van der Waals surface area contributed by atoms with Crippen LogP contribution in [0.2, 0.25) is 0 Å². The van der Waals surface area contributed by atoms with Crippen LogP contribution < -0.4 is 5.32 Å². The number of pyridine rings is 1. The number of aromatic nitrogens is 1. The van der Waals surface area contributed by atoms with Crippen molar-refractivity contribution in [3.63, 3.8) is 0 Å². The Morgan fingerprint density at radius 1 is 1.33 bits per heavy atom. The van der Waals surface area contributed by atoms with Gasteiger partial charge in [0.25, 0.3) is 0 Å². The summed E-state index contributed by atoms with van der Waals surface area (Å²) in [6, 6.07) is 5.26. The number of hydrogen-bond donors (Lipinski definition) is 1. The highest BCUT2D eigenvalue weighted by Gasteiger charge is 2.09. The Kier molecular flexibility index (Phi) is 4.85. The van der Waals surface area contributed by atoms with E-state index in [9.17, 15) is 13.6 Å². The van der Waals surface area contributed by atoms with Crippen LogP contribution in [0.4, 0.5) is 14.5 Å². The van der Waals surface area contributed by atoms with Crippen LogP contribution >= 0.6 is 15.9 Å². The predicted molar refractivity (Wildman–Crippen MR) is 77.0 cm³/mol. The fourth-order valence-corrected chi connectivity index (χ4v) is 1.93. The molecule has 0 radical (unpaired) electrons. The second kappa shape index (κ2) is 6.62. The molecule has 4 nitrogen and oxygen atoms in total. The largest absolute Gasteiger partial charge is 0.465 e. The Hall–Kier alpha value is -2.02. The van der Waals surface area contributed by atoms with Crippen molar-refractivity contribution in [2.24, 2.45) is 0 Å². The first kappa shape index (κ1) is 15.4. The molecule has 2 rings (SSSR count). The first-order valence-corrected chi connectivity index (χ1v) is 6.72. The van der Waals surface area contributed by atoms with Crippen molar-refractivity contribution in [3.05, 3.63) is 57.8 Å². The maximum Gasteiger partial charge on any atom is 0.339 e. The molecule has 0 aliphatic heterocycles. The molecule has 110 valence electrons. The lowest BCUT2D eigenvalue weighted by atomic mass is 10.2. The molecule has 0 spiro atoms. The smallest absolute Gasteiger partial charge is 0.339 e. The monoisotopic (exact) mass is 356 g/mol. The van der Waals surface area contributed by atoms with Crippen LogP contribution in [0.5, 0.6) is 0 Å². The third-order valence-electron chi connectivity index (χ3n) is 2.72. The molecule has 2 aromatic rings. The SMILES string of the molecule is COC(=O)c1ccc(CNc2cc(F)c(Br)cc2F)nc1. The van der Waals surface area contributed by atoms with E-state index in [4.69, 9.17) is 0 Å². The molecule has 0 amide bonds. The van der Waals surface area contributed by atoms with E-state index in [1.54, 1.807) is 12.1 Å². The fourth-order valence-electron chi connectivity index (χ4n) is 1.61. The second-order valence-electron chi connectivity index (χ2n) is 4.13. The van der Waals surface area contributed by atoms with Crippen LogP contribution in [-0.4, -0.2) is 18.1 Å². The van der Waals surface area contributed by atoms with E-state index in [-0.39, 0.29) is 16.7 Å². The van der Waals surface area contributed by atoms with E-state index in [0.29, 0.717) is 11.3 Å². The van der Waals surface area contributed by atoms with Gasteiger partial charge in [0.05, 0.1) is 35.1 Å². The molecule has 0 fully saturated rings. The molecule has 0 aliphatic carbocycles. The summed E-state index contributed by atoms with van der Waals surface area (Å²) < 4.78 is 31.6. The molecule has 0 unspecified atom stereocenters. The Morgan fingerprint density at radius 3 is 2.71 bits per heavy atom. The van der Waals surface area contributed by atoms with Gasteiger partial charge < -0.3 is 10.1 Å². The van der Waals surface area contributed by atoms with Gasteiger partial charge in [-0.05, 0) is 34.1 Å². The fraction of sp³-hybridized carbons (Fsp3) is 0.143. The first-order valence-electron chi connectivity index (χ1n) is 5.93. The van der Waals surface area contributed by atoms with Crippen molar-refractivity contribution in [2.45, 2.75) is 6.54 Å². The van der Waals surface area contributed by atoms with Gasteiger partial charge in [-0.2, -0.15) is 0 Å². The third-order valence-corrected chi connectivity index (χ3v) is 3.32. The summed E-state index contributed by atoms with van der Waals surface area (Å²) in [5, 5.41) is 2.75. The topological polar surface area (TPSA) is 51.2 Å². The zero-order valence-corrected chi connectivity index (χ0v) is 12.6. The van der Waals surface area contributed by atoms with Crippen LogP contribution in [-0.2, 0) is 11.3 Å². The van der Waals surface area contributed by atoms with Gasteiger partial charge in [0.15, 0.2) is 0 Å². The summed E-state index contributed by atoms with van der Waals surface area (Å²) in [5.74, 6) is -1.62. The molecule has 0 aliphatic rings. The average Bonchev–Trinajstić information content (AvgIpc) is 2.49. The van der Waals surface area contributed by atoms with Gasteiger partial charge >= 0.3 is 5.97 Å². The minimum Gasteiger partial charge on any atom is -0.465 e. The number of methoxy groups -OCH3 is 1. The summed E-state index contributed by atoms with van der Waals surface area (Å²) >= 11 is 2.91. The lowest BCUT2D eigenvalue weighted by molar-refractivity contribution is 0.0600. The van der Waals surface area contributed by atoms with E-state index >= 15 is 0 Å². The van der Waals surface area contributed by atoms with Crippen molar-refractivity contribution in [1.82, 2.24) is 4.98 Å². The van der Waals surface area contributed by atoms with Crippen molar-refractivity contribution in [2.75, 3.05) is 12.4 Å². The number of hydrogen-bond acceptors (Lipinski definition) is 4. The van der Waals surface area contributed by atoms with Crippen molar-refractivity contribution in [3.8, 4) is 0 Å². The number of esters is 1. The molecule has 21 heavy (non-hydrogen) atoms. The van der Waals surface area contributed by atoms with Crippen LogP contribution in [0, 0.1) is 11.6 Å².